The number of nitrogens with zero attached hydrogens (tertiary/aromatic N) is 2. The van der Waals surface area contributed by atoms with Crippen LogP contribution in [0.2, 0.25) is 0 Å². The Labute approximate surface area is 114 Å². The number of amides is 1. The van der Waals surface area contributed by atoms with Crippen molar-refractivity contribution in [2.75, 3.05) is 12.4 Å². The van der Waals surface area contributed by atoms with Gasteiger partial charge in [-0.3, -0.25) is 10.1 Å². The Bertz CT molecular complexity index is 607. The van der Waals surface area contributed by atoms with Crippen molar-refractivity contribution in [2.24, 2.45) is 0 Å². The van der Waals surface area contributed by atoms with Crippen molar-refractivity contribution < 1.29 is 9.53 Å². The van der Waals surface area contributed by atoms with Crippen LogP contribution in [-0.4, -0.2) is 23.0 Å². The van der Waals surface area contributed by atoms with Gasteiger partial charge >= 0.3 is 0 Å². The third-order valence-corrected chi connectivity index (χ3v) is 3.72. The standard InChI is InChI=1S/C13H13N3O2S/c1-18-12-9(3-2-6-14-12)11(17)16-13-15-10(7-19-13)8-4-5-8/h2-3,6-8H,4-5H2,1H3,(H,15,16,17). The summed E-state index contributed by atoms with van der Waals surface area (Å²) in [5.74, 6) is 0.662. The molecule has 1 aliphatic carbocycles. The minimum Gasteiger partial charge on any atom is -0.480 e. The van der Waals surface area contributed by atoms with Crippen molar-refractivity contribution in [1.82, 2.24) is 9.97 Å². The topological polar surface area (TPSA) is 64.1 Å². The summed E-state index contributed by atoms with van der Waals surface area (Å²) in [7, 11) is 1.49. The van der Waals surface area contributed by atoms with Gasteiger partial charge in [0.2, 0.25) is 5.88 Å². The Morgan fingerprint density at radius 3 is 3.11 bits per heavy atom. The fraction of sp³-hybridized carbons (Fsp3) is 0.308. The third-order valence-electron chi connectivity index (χ3n) is 2.95. The highest BCUT2D eigenvalue weighted by Gasteiger charge is 2.26. The molecule has 0 aliphatic heterocycles. The molecule has 0 spiro atoms. The molecule has 1 saturated carbocycles. The van der Waals surface area contributed by atoms with Gasteiger partial charge in [0.1, 0.15) is 5.56 Å². The number of anilines is 1. The highest BCUT2D eigenvalue weighted by molar-refractivity contribution is 7.14. The lowest BCUT2D eigenvalue weighted by Crippen LogP contribution is -2.13. The van der Waals surface area contributed by atoms with Crippen molar-refractivity contribution in [3.05, 3.63) is 35.0 Å². The fourth-order valence-electron chi connectivity index (χ4n) is 1.80. The number of methoxy groups -OCH3 is 1. The SMILES string of the molecule is COc1ncccc1C(=O)Nc1nc(C2CC2)cs1. The van der Waals surface area contributed by atoms with Gasteiger partial charge in [0, 0.05) is 17.5 Å². The van der Waals surface area contributed by atoms with Crippen molar-refractivity contribution in [1.29, 1.82) is 0 Å². The lowest BCUT2D eigenvalue weighted by Gasteiger charge is -2.05. The molecule has 1 N–H and O–H groups in total. The normalized spacial score (nSPS) is 14.2. The molecule has 2 heterocycles. The highest BCUT2D eigenvalue weighted by atomic mass is 32.1. The second kappa shape index (κ2) is 4.97. The van der Waals surface area contributed by atoms with Gasteiger partial charge in [-0.15, -0.1) is 11.3 Å². The van der Waals surface area contributed by atoms with E-state index in [0.717, 1.165) is 5.69 Å². The summed E-state index contributed by atoms with van der Waals surface area (Å²) in [6.07, 6.45) is 3.99. The van der Waals surface area contributed by atoms with Gasteiger partial charge in [0.05, 0.1) is 12.8 Å². The maximum absolute atomic E-state index is 12.1. The molecule has 98 valence electrons. The number of ether oxygens (including phenoxy) is 1. The molecule has 6 heteroatoms. The Balaban J connectivity index is 1.76. The first-order valence-corrected chi connectivity index (χ1v) is 6.91. The molecule has 0 radical (unpaired) electrons. The van der Waals surface area contributed by atoms with E-state index in [-0.39, 0.29) is 5.91 Å². The van der Waals surface area contributed by atoms with Crippen LogP contribution in [-0.2, 0) is 0 Å². The third kappa shape index (κ3) is 2.58. The Hall–Kier alpha value is -1.95. The Morgan fingerprint density at radius 2 is 2.37 bits per heavy atom. The van der Waals surface area contributed by atoms with E-state index >= 15 is 0 Å². The number of carbonyl (C=O) groups is 1. The molecule has 5 nitrogen and oxygen atoms in total. The zero-order valence-corrected chi connectivity index (χ0v) is 11.2. The molecule has 0 atom stereocenters. The number of hydrogen-bond donors (Lipinski definition) is 1. The largest absolute Gasteiger partial charge is 0.480 e. The smallest absolute Gasteiger partial charge is 0.262 e. The summed E-state index contributed by atoms with van der Waals surface area (Å²) in [5.41, 5.74) is 1.49. The molecule has 0 unspecified atom stereocenters. The quantitative estimate of drug-likeness (QED) is 0.931. The van der Waals surface area contributed by atoms with Gasteiger partial charge in [-0.2, -0.15) is 0 Å². The fourth-order valence-corrected chi connectivity index (χ4v) is 2.59. The van der Waals surface area contributed by atoms with E-state index in [1.807, 2.05) is 5.38 Å². The van der Waals surface area contributed by atoms with Gasteiger partial charge in [0.15, 0.2) is 5.13 Å². The predicted molar refractivity (Wildman–Crippen MR) is 72.8 cm³/mol. The van der Waals surface area contributed by atoms with Crippen LogP contribution in [0.15, 0.2) is 23.7 Å². The van der Waals surface area contributed by atoms with E-state index in [9.17, 15) is 4.79 Å². The number of carbonyl (C=O) groups excluding carboxylic acids is 1. The minimum absolute atomic E-state index is 0.248. The molecule has 2 aromatic rings. The van der Waals surface area contributed by atoms with Crippen LogP contribution in [0.5, 0.6) is 5.88 Å². The van der Waals surface area contributed by atoms with Crippen molar-refractivity contribution in [3.8, 4) is 5.88 Å². The molecule has 2 aromatic heterocycles. The average molecular weight is 275 g/mol. The number of aromatic nitrogens is 2. The van der Waals surface area contributed by atoms with E-state index < -0.39 is 0 Å². The number of thiazole rings is 1. The zero-order chi connectivity index (χ0) is 13.2. The molecule has 0 saturated heterocycles. The molecule has 0 aromatic carbocycles. The predicted octanol–water partition coefficient (Wildman–Crippen LogP) is 2.68. The maximum Gasteiger partial charge on any atom is 0.262 e. The van der Waals surface area contributed by atoms with Crippen LogP contribution in [0.1, 0.15) is 34.8 Å². The molecule has 0 bridgehead atoms. The summed E-state index contributed by atoms with van der Waals surface area (Å²) in [4.78, 5) is 20.5. The van der Waals surface area contributed by atoms with E-state index in [2.05, 4.69) is 15.3 Å². The lowest BCUT2D eigenvalue weighted by molar-refractivity contribution is 0.102. The van der Waals surface area contributed by atoms with Crippen LogP contribution < -0.4 is 10.1 Å². The Kier molecular flexibility index (Phi) is 3.16. The van der Waals surface area contributed by atoms with Crippen LogP contribution in [0.3, 0.4) is 0 Å². The summed E-state index contributed by atoms with van der Waals surface area (Å²) in [5, 5.41) is 5.42. The molecule has 1 amide bonds. The molecule has 19 heavy (non-hydrogen) atoms. The number of nitrogens with one attached hydrogen (secondary N) is 1. The van der Waals surface area contributed by atoms with Crippen molar-refractivity contribution in [3.63, 3.8) is 0 Å². The summed E-state index contributed by atoms with van der Waals surface area (Å²) in [6.45, 7) is 0. The van der Waals surface area contributed by atoms with Gasteiger partial charge in [-0.05, 0) is 25.0 Å². The molecule has 3 rings (SSSR count). The summed E-state index contributed by atoms with van der Waals surface area (Å²) >= 11 is 1.45. The lowest BCUT2D eigenvalue weighted by atomic mass is 10.2. The molecule has 1 fully saturated rings. The van der Waals surface area contributed by atoms with E-state index in [1.54, 1.807) is 18.3 Å². The van der Waals surface area contributed by atoms with Gasteiger partial charge in [-0.1, -0.05) is 0 Å². The van der Waals surface area contributed by atoms with Crippen LogP contribution in [0.4, 0.5) is 5.13 Å². The first kappa shape index (κ1) is 12.1. The second-order valence-corrected chi connectivity index (χ2v) is 5.22. The summed E-state index contributed by atoms with van der Waals surface area (Å²) in [6, 6.07) is 3.38. The number of hydrogen-bond acceptors (Lipinski definition) is 5. The second-order valence-electron chi connectivity index (χ2n) is 4.37. The Morgan fingerprint density at radius 1 is 1.53 bits per heavy atom. The van der Waals surface area contributed by atoms with Crippen LogP contribution >= 0.6 is 11.3 Å². The minimum atomic E-state index is -0.248. The first-order chi connectivity index (χ1) is 9.28. The number of pyridine rings is 1. The molecular formula is C13H13N3O2S. The van der Waals surface area contributed by atoms with Crippen LogP contribution in [0.25, 0.3) is 0 Å². The van der Waals surface area contributed by atoms with Crippen molar-refractivity contribution >= 4 is 22.4 Å². The van der Waals surface area contributed by atoms with E-state index in [4.69, 9.17) is 4.74 Å². The van der Waals surface area contributed by atoms with Gasteiger partial charge in [0.25, 0.3) is 5.91 Å². The van der Waals surface area contributed by atoms with Gasteiger partial charge in [-0.25, -0.2) is 9.97 Å². The van der Waals surface area contributed by atoms with E-state index in [0.29, 0.717) is 22.5 Å². The highest BCUT2D eigenvalue weighted by Crippen LogP contribution is 2.40. The zero-order valence-electron chi connectivity index (χ0n) is 10.4. The number of rotatable bonds is 4. The molecular weight excluding hydrogens is 262 g/mol. The first-order valence-electron chi connectivity index (χ1n) is 6.03. The monoisotopic (exact) mass is 275 g/mol. The van der Waals surface area contributed by atoms with Gasteiger partial charge < -0.3 is 4.74 Å². The van der Waals surface area contributed by atoms with Crippen molar-refractivity contribution in [2.45, 2.75) is 18.8 Å². The van der Waals surface area contributed by atoms with Crippen LogP contribution in [0, 0.1) is 0 Å². The maximum atomic E-state index is 12.1. The van der Waals surface area contributed by atoms with E-state index in [1.165, 1.54) is 31.3 Å². The summed E-state index contributed by atoms with van der Waals surface area (Å²) < 4.78 is 5.07. The molecule has 1 aliphatic rings. The average Bonchev–Trinajstić information content (AvgIpc) is 3.19.